The molecule has 0 bridgehead atoms. The Labute approximate surface area is 273 Å². The third-order valence-corrected chi connectivity index (χ3v) is 10.0. The molecule has 0 heterocycles. The van der Waals surface area contributed by atoms with Crippen LogP contribution in [0.4, 0.5) is 0 Å². The van der Waals surface area contributed by atoms with Gasteiger partial charge in [-0.25, -0.2) is 0 Å². The summed E-state index contributed by atoms with van der Waals surface area (Å²) in [5.41, 5.74) is 3.70. The van der Waals surface area contributed by atoms with E-state index < -0.39 is 0 Å². The molecular weight excluding hydrogens is 516 g/mol. The topological polar surface area (TPSA) is 0 Å². The molecule has 0 aromatic carbocycles. The van der Waals surface area contributed by atoms with Gasteiger partial charge in [-0.15, -0.1) is 0 Å². The normalized spacial score (nSPS) is 30.7. The first-order valence-electron chi connectivity index (χ1n) is 19.0. The molecule has 2 atom stereocenters. The Morgan fingerprint density at radius 1 is 0.535 bits per heavy atom. The summed E-state index contributed by atoms with van der Waals surface area (Å²) in [7, 11) is 0. The van der Waals surface area contributed by atoms with Gasteiger partial charge in [-0.3, -0.25) is 0 Å². The molecule has 0 heteroatoms. The lowest BCUT2D eigenvalue weighted by atomic mass is 9.78. The zero-order valence-electron chi connectivity index (χ0n) is 31.7. The van der Waals surface area contributed by atoms with Crippen LogP contribution in [0.25, 0.3) is 0 Å². The SMILES string of the molecule is CC1(C)CCCCC1.CC1=CCC(C)=CC1.CC1C=CC(C)C=C1.CC1CCC(C)CC1.CCC.C[C@@H]1CCCC[C@@H]1C. The Hall–Kier alpha value is -1.04. The maximum absolute atomic E-state index is 2.38. The summed E-state index contributed by atoms with van der Waals surface area (Å²) in [6.45, 7) is 27.3. The Bertz CT molecular complexity index is 692. The highest BCUT2D eigenvalue weighted by atomic mass is 14.3. The second-order valence-electron chi connectivity index (χ2n) is 16.0. The second kappa shape index (κ2) is 25.2. The molecule has 3 saturated carbocycles. The van der Waals surface area contributed by atoms with Crippen LogP contribution in [0, 0.1) is 40.9 Å². The molecule has 0 aliphatic heterocycles. The maximum Gasteiger partial charge on any atom is -0.00815 e. The molecule has 0 aromatic rings. The Morgan fingerprint density at radius 2 is 0.860 bits per heavy atom. The molecule has 0 N–H and O–H groups in total. The molecule has 0 spiro atoms. The Morgan fingerprint density at radius 3 is 1.09 bits per heavy atom. The fourth-order valence-electron chi connectivity index (χ4n) is 6.10. The van der Waals surface area contributed by atoms with Crippen LogP contribution in [0.2, 0.25) is 0 Å². The zero-order chi connectivity index (χ0) is 32.7. The number of hydrogen-bond donors (Lipinski definition) is 0. The van der Waals surface area contributed by atoms with Crippen molar-refractivity contribution in [2.75, 3.05) is 0 Å². The molecule has 0 aromatic heterocycles. The van der Waals surface area contributed by atoms with Crippen molar-refractivity contribution in [3.05, 3.63) is 47.6 Å². The average Bonchev–Trinajstić information content (AvgIpc) is 2.97. The highest BCUT2D eigenvalue weighted by Crippen LogP contribution is 2.34. The van der Waals surface area contributed by atoms with Gasteiger partial charge in [0.05, 0.1) is 0 Å². The molecule has 0 radical (unpaired) electrons. The van der Waals surface area contributed by atoms with Crippen molar-refractivity contribution in [2.45, 2.75) is 186 Å². The molecule has 5 aliphatic carbocycles. The van der Waals surface area contributed by atoms with Crippen LogP contribution in [0.15, 0.2) is 47.6 Å². The van der Waals surface area contributed by atoms with Gasteiger partial charge in [0.15, 0.2) is 0 Å². The van der Waals surface area contributed by atoms with Crippen LogP contribution < -0.4 is 0 Å². The van der Waals surface area contributed by atoms with Gasteiger partial charge in [0.2, 0.25) is 0 Å². The number of allylic oxidation sites excluding steroid dienone is 8. The van der Waals surface area contributed by atoms with Gasteiger partial charge in [-0.1, -0.05) is 194 Å². The lowest BCUT2D eigenvalue weighted by molar-refractivity contribution is 0.244. The van der Waals surface area contributed by atoms with Gasteiger partial charge in [-0.05, 0) is 80.5 Å². The van der Waals surface area contributed by atoms with E-state index in [4.69, 9.17) is 0 Å². The highest BCUT2D eigenvalue weighted by molar-refractivity contribution is 5.18. The summed E-state index contributed by atoms with van der Waals surface area (Å²) >= 11 is 0. The Kier molecular flexibility index (Phi) is 24.6. The summed E-state index contributed by atoms with van der Waals surface area (Å²) in [4.78, 5) is 0. The first kappa shape index (κ1) is 42.0. The largest absolute Gasteiger partial charge is 0.0813 e. The Balaban J connectivity index is 0.000000501. The summed E-state index contributed by atoms with van der Waals surface area (Å²) in [6, 6.07) is 0. The van der Waals surface area contributed by atoms with Crippen LogP contribution in [0.3, 0.4) is 0 Å². The minimum absolute atomic E-state index is 0.659. The van der Waals surface area contributed by atoms with Crippen molar-refractivity contribution < 1.29 is 0 Å². The molecule has 0 amide bonds. The number of rotatable bonds is 0. The lowest BCUT2D eigenvalue weighted by Crippen LogP contribution is -2.14. The highest BCUT2D eigenvalue weighted by Gasteiger charge is 2.20. The summed E-state index contributed by atoms with van der Waals surface area (Å²) in [6.07, 6.45) is 36.3. The van der Waals surface area contributed by atoms with Gasteiger partial charge < -0.3 is 0 Å². The standard InChI is InChI=1S/C8H16.2C8H12.2C8H16.C3H8/c3*1-7-3-5-8(2)6-4-7;1-8(2)6-4-3-5-7-8;1-7-5-3-4-6-8(7)2;1-3-2/h7-8H,3-6H2,1-2H3;3,6H,4-5H2,1-2H3;3-8H,1-2H3;3-7H2,1-2H3;7-8H,3-6H2,1-2H3;3H2,1-2H3/t;;;;7-,8+;. The minimum Gasteiger partial charge on any atom is -0.0813 e. The van der Waals surface area contributed by atoms with Gasteiger partial charge in [-0.2, -0.15) is 0 Å². The minimum atomic E-state index is 0.659. The third-order valence-electron chi connectivity index (χ3n) is 10.0. The van der Waals surface area contributed by atoms with E-state index in [0.717, 1.165) is 23.7 Å². The van der Waals surface area contributed by atoms with Gasteiger partial charge in [0.1, 0.15) is 0 Å². The second-order valence-corrected chi connectivity index (χ2v) is 16.0. The van der Waals surface area contributed by atoms with E-state index in [1.165, 1.54) is 114 Å². The van der Waals surface area contributed by atoms with E-state index in [0.29, 0.717) is 17.3 Å². The maximum atomic E-state index is 2.38. The third kappa shape index (κ3) is 24.9. The molecular formula is C43H80. The van der Waals surface area contributed by atoms with Crippen LogP contribution in [0.1, 0.15) is 186 Å². The molecule has 252 valence electrons. The van der Waals surface area contributed by atoms with Crippen LogP contribution >= 0.6 is 0 Å². The van der Waals surface area contributed by atoms with Crippen molar-refractivity contribution in [1.29, 1.82) is 0 Å². The first-order valence-corrected chi connectivity index (χ1v) is 19.0. The van der Waals surface area contributed by atoms with Gasteiger partial charge in [0, 0.05) is 0 Å². The van der Waals surface area contributed by atoms with Crippen molar-refractivity contribution >= 4 is 0 Å². The number of hydrogen-bond acceptors (Lipinski definition) is 0. The summed E-state index contributed by atoms with van der Waals surface area (Å²) < 4.78 is 0. The molecule has 0 saturated heterocycles. The summed E-state index contributed by atoms with van der Waals surface area (Å²) in [5, 5.41) is 0. The molecule has 0 unspecified atom stereocenters. The van der Waals surface area contributed by atoms with Crippen molar-refractivity contribution in [1.82, 2.24) is 0 Å². The molecule has 3 fully saturated rings. The van der Waals surface area contributed by atoms with E-state index in [1.807, 2.05) is 0 Å². The van der Waals surface area contributed by atoms with Crippen LogP contribution in [0.5, 0.6) is 0 Å². The van der Waals surface area contributed by atoms with Gasteiger partial charge in [0.25, 0.3) is 0 Å². The fourth-order valence-corrected chi connectivity index (χ4v) is 6.10. The lowest BCUT2D eigenvalue weighted by Gasteiger charge is -2.28. The predicted molar refractivity (Wildman–Crippen MR) is 200 cm³/mol. The van der Waals surface area contributed by atoms with E-state index in [-0.39, 0.29) is 0 Å². The monoisotopic (exact) mass is 597 g/mol. The van der Waals surface area contributed by atoms with E-state index in [2.05, 4.69) is 120 Å². The summed E-state index contributed by atoms with van der Waals surface area (Å²) in [5.74, 6) is 5.36. The van der Waals surface area contributed by atoms with Crippen molar-refractivity contribution in [2.24, 2.45) is 40.9 Å². The molecule has 0 nitrogen and oxygen atoms in total. The molecule has 5 rings (SSSR count). The quantitative estimate of drug-likeness (QED) is 0.244. The van der Waals surface area contributed by atoms with Crippen molar-refractivity contribution in [3.8, 4) is 0 Å². The fraction of sp³-hybridized carbons (Fsp3) is 0.814. The van der Waals surface area contributed by atoms with Gasteiger partial charge >= 0.3 is 0 Å². The van der Waals surface area contributed by atoms with E-state index >= 15 is 0 Å². The zero-order valence-corrected chi connectivity index (χ0v) is 31.7. The average molecular weight is 597 g/mol. The molecule has 43 heavy (non-hydrogen) atoms. The first-order chi connectivity index (χ1) is 20.3. The molecule has 5 aliphatic rings. The van der Waals surface area contributed by atoms with E-state index in [1.54, 1.807) is 0 Å². The van der Waals surface area contributed by atoms with Crippen LogP contribution in [-0.2, 0) is 0 Å². The van der Waals surface area contributed by atoms with Crippen molar-refractivity contribution in [3.63, 3.8) is 0 Å². The van der Waals surface area contributed by atoms with Crippen LogP contribution in [-0.4, -0.2) is 0 Å². The predicted octanol–water partition coefficient (Wildman–Crippen LogP) is 15.1. The smallest absolute Gasteiger partial charge is 0.00815 e. The van der Waals surface area contributed by atoms with E-state index in [9.17, 15) is 0 Å².